The van der Waals surface area contributed by atoms with Crippen molar-refractivity contribution in [2.24, 2.45) is 0 Å². The summed E-state index contributed by atoms with van der Waals surface area (Å²) >= 11 is 0. The Bertz CT molecular complexity index is 947. The molecule has 0 aliphatic carbocycles. The number of carbonyl (C=O) groups excluding carboxylic acids is 1. The van der Waals surface area contributed by atoms with Gasteiger partial charge in [-0.1, -0.05) is 13.0 Å². The number of amides is 1. The van der Waals surface area contributed by atoms with Crippen molar-refractivity contribution in [2.45, 2.75) is 50.8 Å². The van der Waals surface area contributed by atoms with Crippen LogP contribution in [-0.2, 0) is 39.1 Å². The largest absolute Gasteiger partial charge is 0.465 e. The second-order valence-electron chi connectivity index (χ2n) is 6.91. The van der Waals surface area contributed by atoms with Gasteiger partial charge in [-0.25, -0.2) is 13.1 Å². The number of furan rings is 1. The number of nitrogens with zero attached hydrogens (tertiary/aromatic N) is 1. The summed E-state index contributed by atoms with van der Waals surface area (Å²) in [4.78, 5) is 14.5. The quantitative estimate of drug-likeness (QED) is 0.763. The number of carbonyl (C=O) groups is 1. The number of hydrogen-bond donors (Lipinski definition) is 1. The maximum atomic E-state index is 12.7. The first-order valence-electron chi connectivity index (χ1n) is 9.32. The van der Waals surface area contributed by atoms with E-state index in [4.69, 9.17) is 9.15 Å². The van der Waals surface area contributed by atoms with E-state index < -0.39 is 16.1 Å². The minimum atomic E-state index is -3.68. The predicted octanol–water partition coefficient (Wildman–Crippen LogP) is 2.38. The summed E-state index contributed by atoms with van der Waals surface area (Å²) in [6.45, 7) is 4.79. The highest BCUT2D eigenvalue weighted by atomic mass is 32.2. The number of benzene rings is 1. The number of ether oxygens (including phenoxy) is 1. The lowest BCUT2D eigenvalue weighted by Crippen LogP contribution is -2.42. The van der Waals surface area contributed by atoms with Crippen LogP contribution in [-0.4, -0.2) is 39.0 Å². The van der Waals surface area contributed by atoms with E-state index in [1.165, 1.54) is 7.11 Å². The zero-order chi connectivity index (χ0) is 20.3. The molecule has 0 fully saturated rings. The van der Waals surface area contributed by atoms with Crippen molar-refractivity contribution >= 4 is 15.9 Å². The van der Waals surface area contributed by atoms with E-state index >= 15 is 0 Å². The Hall–Kier alpha value is -2.16. The molecule has 1 amide bonds. The third kappa shape index (κ3) is 4.45. The van der Waals surface area contributed by atoms with Crippen molar-refractivity contribution in [1.82, 2.24) is 9.62 Å². The smallest absolute Gasteiger partial charge is 0.251 e. The molecule has 0 saturated heterocycles. The van der Waals surface area contributed by atoms with E-state index in [9.17, 15) is 13.2 Å². The van der Waals surface area contributed by atoms with Gasteiger partial charge in [0.05, 0.1) is 11.4 Å². The lowest BCUT2D eigenvalue weighted by Gasteiger charge is -2.31. The number of nitrogens with one attached hydrogen (secondary N) is 1. The number of fused-ring (bicyclic) bond motifs is 1. The molecule has 0 saturated carbocycles. The van der Waals surface area contributed by atoms with Crippen molar-refractivity contribution in [3.8, 4) is 0 Å². The van der Waals surface area contributed by atoms with E-state index in [1.54, 1.807) is 36.1 Å². The van der Waals surface area contributed by atoms with Crippen molar-refractivity contribution in [1.29, 1.82) is 0 Å². The van der Waals surface area contributed by atoms with Gasteiger partial charge >= 0.3 is 0 Å². The number of rotatable bonds is 7. The molecule has 0 bridgehead atoms. The van der Waals surface area contributed by atoms with Gasteiger partial charge in [0.1, 0.15) is 17.6 Å². The Balaban J connectivity index is 1.75. The van der Waals surface area contributed by atoms with E-state index in [1.807, 2.05) is 13.0 Å². The number of methoxy groups -OCH3 is 1. The van der Waals surface area contributed by atoms with Gasteiger partial charge in [-0.05, 0) is 55.2 Å². The van der Waals surface area contributed by atoms with Crippen LogP contribution in [0.1, 0.15) is 36.0 Å². The van der Waals surface area contributed by atoms with Gasteiger partial charge in [-0.3, -0.25) is 4.79 Å². The van der Waals surface area contributed by atoms with E-state index in [0.29, 0.717) is 31.7 Å². The average molecular weight is 407 g/mol. The lowest BCUT2D eigenvalue weighted by atomic mass is 9.99. The van der Waals surface area contributed by atoms with Gasteiger partial charge in [0, 0.05) is 20.2 Å². The number of hydrogen-bond acceptors (Lipinski definition) is 5. The van der Waals surface area contributed by atoms with Crippen molar-refractivity contribution in [3.05, 3.63) is 53.0 Å². The summed E-state index contributed by atoms with van der Waals surface area (Å²) in [7, 11) is -2.16. The van der Waals surface area contributed by atoms with Crippen LogP contribution < -0.4 is 4.72 Å². The second-order valence-corrected chi connectivity index (χ2v) is 8.68. The highest BCUT2D eigenvalue weighted by Gasteiger charge is 2.27. The van der Waals surface area contributed by atoms with Crippen LogP contribution in [0.2, 0.25) is 0 Å². The molecular formula is C20H26N2O5S. The van der Waals surface area contributed by atoms with Crippen LogP contribution in [0.5, 0.6) is 0 Å². The molecule has 1 aromatic carbocycles. The second kappa shape index (κ2) is 8.46. The zero-order valence-corrected chi connectivity index (χ0v) is 17.2. The minimum Gasteiger partial charge on any atom is -0.465 e. The molecule has 7 nitrogen and oxygen atoms in total. The molecule has 28 heavy (non-hydrogen) atoms. The van der Waals surface area contributed by atoms with Crippen LogP contribution in [0.3, 0.4) is 0 Å². The lowest BCUT2D eigenvalue weighted by molar-refractivity contribution is -0.143. The molecule has 2 aromatic rings. The van der Waals surface area contributed by atoms with E-state index in [-0.39, 0.29) is 17.3 Å². The van der Waals surface area contributed by atoms with Gasteiger partial charge in [-0.2, -0.15) is 0 Å². The minimum absolute atomic E-state index is 0.0600. The fourth-order valence-corrected chi connectivity index (χ4v) is 4.41. The molecule has 8 heteroatoms. The Morgan fingerprint density at radius 2 is 2.07 bits per heavy atom. The number of sulfonamides is 1. The van der Waals surface area contributed by atoms with Crippen molar-refractivity contribution < 1.29 is 22.4 Å². The Morgan fingerprint density at radius 1 is 1.29 bits per heavy atom. The molecule has 1 atom stereocenters. The van der Waals surface area contributed by atoms with Gasteiger partial charge in [0.15, 0.2) is 0 Å². The molecule has 1 aliphatic rings. The summed E-state index contributed by atoms with van der Waals surface area (Å²) in [5.74, 6) is 1.23. The monoisotopic (exact) mass is 406 g/mol. The molecule has 0 spiro atoms. The molecule has 3 rings (SSSR count). The maximum Gasteiger partial charge on any atom is 0.251 e. The Kier molecular flexibility index (Phi) is 6.22. The SMILES string of the molecule is CCC(OC)C(=O)N1CCc2ccc(S(=O)(=O)NCc3ccc(C)o3)cc2C1. The van der Waals surface area contributed by atoms with Crippen LogP contribution in [0.4, 0.5) is 0 Å². The topological polar surface area (TPSA) is 88.8 Å². The molecule has 0 radical (unpaired) electrons. The van der Waals surface area contributed by atoms with E-state index in [0.717, 1.165) is 16.9 Å². The van der Waals surface area contributed by atoms with Gasteiger partial charge in [-0.15, -0.1) is 0 Å². The Morgan fingerprint density at radius 3 is 2.71 bits per heavy atom. The van der Waals surface area contributed by atoms with E-state index in [2.05, 4.69) is 4.72 Å². The van der Waals surface area contributed by atoms with Crippen molar-refractivity contribution in [3.63, 3.8) is 0 Å². The molecule has 1 unspecified atom stereocenters. The molecule has 1 N–H and O–H groups in total. The summed E-state index contributed by atoms with van der Waals surface area (Å²) in [5.41, 5.74) is 1.91. The molecule has 152 valence electrons. The highest BCUT2D eigenvalue weighted by molar-refractivity contribution is 7.89. The highest BCUT2D eigenvalue weighted by Crippen LogP contribution is 2.24. The number of aryl methyl sites for hydroxylation is 1. The summed E-state index contributed by atoms with van der Waals surface area (Å²) in [6, 6.07) is 8.62. The standard InChI is InChI=1S/C20H26N2O5S/c1-4-19(26-3)20(23)22-10-9-15-6-8-18(11-16(15)13-22)28(24,25)21-12-17-7-5-14(2)27-17/h5-8,11,19,21H,4,9-10,12-13H2,1-3H3. The van der Waals surface area contributed by atoms with Crippen LogP contribution in [0, 0.1) is 6.92 Å². The summed E-state index contributed by atoms with van der Waals surface area (Å²) < 4.78 is 38.5. The first kappa shape index (κ1) is 20.6. The summed E-state index contributed by atoms with van der Waals surface area (Å²) in [5, 5.41) is 0. The fourth-order valence-electron chi connectivity index (χ4n) is 3.36. The molecular weight excluding hydrogens is 380 g/mol. The average Bonchev–Trinajstić information content (AvgIpc) is 3.11. The summed E-state index contributed by atoms with van der Waals surface area (Å²) in [6.07, 6.45) is 0.830. The third-order valence-corrected chi connectivity index (χ3v) is 6.37. The molecule has 1 aromatic heterocycles. The van der Waals surface area contributed by atoms with Crippen LogP contribution in [0.25, 0.3) is 0 Å². The van der Waals surface area contributed by atoms with Gasteiger partial charge in [0.25, 0.3) is 5.91 Å². The first-order valence-corrected chi connectivity index (χ1v) is 10.8. The van der Waals surface area contributed by atoms with Crippen molar-refractivity contribution in [2.75, 3.05) is 13.7 Å². The predicted molar refractivity (Wildman–Crippen MR) is 104 cm³/mol. The Labute approximate surface area is 165 Å². The van der Waals surface area contributed by atoms with Crippen LogP contribution in [0.15, 0.2) is 39.6 Å². The normalized spacial score (nSPS) is 15.3. The third-order valence-electron chi connectivity index (χ3n) is 4.98. The van der Waals surface area contributed by atoms with Gasteiger partial charge < -0.3 is 14.1 Å². The van der Waals surface area contributed by atoms with Crippen LogP contribution >= 0.6 is 0 Å². The molecule has 1 aliphatic heterocycles. The first-order chi connectivity index (χ1) is 13.3. The maximum absolute atomic E-state index is 12.7. The fraction of sp³-hybridized carbons (Fsp3) is 0.450. The zero-order valence-electron chi connectivity index (χ0n) is 16.4. The molecule has 2 heterocycles. The van der Waals surface area contributed by atoms with Gasteiger partial charge in [0.2, 0.25) is 10.0 Å².